The molecule has 0 spiro atoms. The lowest BCUT2D eigenvalue weighted by atomic mass is 10.1. The quantitative estimate of drug-likeness (QED) is 0.897. The van der Waals surface area contributed by atoms with E-state index in [1.54, 1.807) is 0 Å². The zero-order chi connectivity index (χ0) is 10.7. The fourth-order valence-corrected chi connectivity index (χ4v) is 2.12. The summed E-state index contributed by atoms with van der Waals surface area (Å²) in [6.07, 6.45) is 1.47. The van der Waals surface area contributed by atoms with Crippen molar-refractivity contribution in [1.82, 2.24) is 0 Å². The number of halogens is 1. The molecule has 3 nitrogen and oxygen atoms in total. The molecule has 0 bridgehead atoms. The van der Waals surface area contributed by atoms with Crippen molar-refractivity contribution in [2.45, 2.75) is 12.8 Å². The summed E-state index contributed by atoms with van der Waals surface area (Å²) >= 11 is 3.46. The average molecular weight is 273 g/mol. The van der Waals surface area contributed by atoms with Gasteiger partial charge >= 0.3 is 0 Å². The van der Waals surface area contributed by atoms with Gasteiger partial charge in [0.2, 0.25) is 0 Å². The minimum absolute atomic E-state index is 0.110. The molecule has 0 aliphatic carbocycles. The molecular weight excluding hydrogens is 260 g/mol. The first-order valence-electron chi connectivity index (χ1n) is 5.01. The monoisotopic (exact) mass is 272 g/mol. The Kier molecular flexibility index (Phi) is 3.49. The van der Waals surface area contributed by atoms with Crippen LogP contribution < -0.4 is 9.47 Å². The highest BCUT2D eigenvalue weighted by atomic mass is 79.9. The first kappa shape index (κ1) is 10.8. The summed E-state index contributed by atoms with van der Waals surface area (Å²) in [5, 5.41) is 9.00. The Bertz CT molecular complexity index is 352. The van der Waals surface area contributed by atoms with Crippen LogP contribution in [-0.2, 0) is 6.42 Å². The Hall–Kier alpha value is -0.740. The number of hydrogen-bond donors (Lipinski definition) is 1. The zero-order valence-corrected chi connectivity index (χ0v) is 9.92. The lowest BCUT2D eigenvalue weighted by Crippen LogP contribution is -2.00. The van der Waals surface area contributed by atoms with E-state index in [-0.39, 0.29) is 6.61 Å². The summed E-state index contributed by atoms with van der Waals surface area (Å²) in [6.45, 7) is 1.47. The highest BCUT2D eigenvalue weighted by Gasteiger charge is 2.16. The van der Waals surface area contributed by atoms with Crippen LogP contribution in [-0.4, -0.2) is 24.9 Å². The smallest absolute Gasteiger partial charge is 0.165 e. The van der Waals surface area contributed by atoms with Gasteiger partial charge in [-0.1, -0.05) is 15.9 Å². The van der Waals surface area contributed by atoms with Crippen molar-refractivity contribution in [3.05, 3.63) is 22.2 Å². The Morgan fingerprint density at radius 3 is 2.87 bits per heavy atom. The molecule has 0 fully saturated rings. The lowest BCUT2D eigenvalue weighted by Gasteiger charge is -2.13. The first-order valence-corrected chi connectivity index (χ1v) is 5.80. The number of hydrogen-bond acceptors (Lipinski definition) is 3. The van der Waals surface area contributed by atoms with Gasteiger partial charge in [-0.25, -0.2) is 0 Å². The third-order valence-electron chi connectivity index (χ3n) is 2.32. The lowest BCUT2D eigenvalue weighted by molar-refractivity contribution is 0.286. The van der Waals surface area contributed by atoms with Crippen LogP contribution in [0.1, 0.15) is 12.0 Å². The van der Waals surface area contributed by atoms with Crippen molar-refractivity contribution in [2.24, 2.45) is 0 Å². The molecule has 1 N–H and O–H groups in total. The van der Waals surface area contributed by atoms with E-state index in [0.29, 0.717) is 19.6 Å². The second-order valence-electron chi connectivity index (χ2n) is 3.38. The van der Waals surface area contributed by atoms with Gasteiger partial charge in [-0.15, -0.1) is 0 Å². The van der Waals surface area contributed by atoms with Crippen molar-refractivity contribution in [3.63, 3.8) is 0 Å². The van der Waals surface area contributed by atoms with E-state index in [1.165, 1.54) is 0 Å². The van der Waals surface area contributed by atoms with Gasteiger partial charge < -0.3 is 14.6 Å². The second kappa shape index (κ2) is 4.86. The molecule has 0 saturated carbocycles. The normalized spacial score (nSPS) is 14.8. The molecule has 0 atom stereocenters. The van der Waals surface area contributed by atoms with Crippen LogP contribution >= 0.6 is 15.9 Å². The first-order chi connectivity index (χ1) is 7.33. The van der Waals surface area contributed by atoms with E-state index >= 15 is 0 Å². The molecule has 0 radical (unpaired) electrons. The molecule has 1 aromatic rings. The molecule has 15 heavy (non-hydrogen) atoms. The molecule has 1 aliphatic rings. The van der Waals surface area contributed by atoms with Gasteiger partial charge in [0.25, 0.3) is 0 Å². The molecular formula is C11H13BrO3. The number of fused-ring (bicyclic) bond motifs is 1. The van der Waals surface area contributed by atoms with Gasteiger partial charge in [-0.3, -0.25) is 0 Å². The minimum Gasteiger partial charge on any atom is -0.490 e. The fourth-order valence-electron chi connectivity index (χ4n) is 1.61. The Labute approximate surface area is 97.1 Å². The third-order valence-corrected chi connectivity index (χ3v) is 3.06. The molecule has 0 unspecified atom stereocenters. The maximum Gasteiger partial charge on any atom is 0.165 e. The van der Waals surface area contributed by atoms with Gasteiger partial charge in [0.15, 0.2) is 11.5 Å². The molecule has 1 aromatic carbocycles. The Morgan fingerprint density at radius 2 is 2.07 bits per heavy atom. The van der Waals surface area contributed by atoms with E-state index < -0.39 is 0 Å². The number of rotatable bonds is 2. The van der Waals surface area contributed by atoms with Crippen molar-refractivity contribution in [2.75, 3.05) is 19.8 Å². The van der Waals surface area contributed by atoms with Gasteiger partial charge in [-0.2, -0.15) is 0 Å². The van der Waals surface area contributed by atoms with Crippen molar-refractivity contribution in [1.29, 1.82) is 0 Å². The largest absolute Gasteiger partial charge is 0.490 e. The third kappa shape index (κ3) is 2.26. The highest BCUT2D eigenvalue weighted by Crippen LogP contribution is 2.37. The fraction of sp³-hybridized carbons (Fsp3) is 0.455. The Morgan fingerprint density at radius 1 is 1.27 bits per heavy atom. The molecule has 0 aromatic heterocycles. The van der Waals surface area contributed by atoms with Crippen LogP contribution in [0, 0.1) is 0 Å². The summed E-state index contributed by atoms with van der Waals surface area (Å²) in [4.78, 5) is 0. The van der Waals surface area contributed by atoms with Crippen LogP contribution in [0.25, 0.3) is 0 Å². The topological polar surface area (TPSA) is 38.7 Å². The summed E-state index contributed by atoms with van der Waals surface area (Å²) < 4.78 is 12.2. The van der Waals surface area contributed by atoms with Crippen LogP contribution in [0.3, 0.4) is 0 Å². The van der Waals surface area contributed by atoms with Gasteiger partial charge in [0, 0.05) is 29.5 Å². The predicted molar refractivity (Wildman–Crippen MR) is 60.5 cm³/mol. The zero-order valence-electron chi connectivity index (χ0n) is 8.33. The molecule has 0 saturated heterocycles. The summed E-state index contributed by atoms with van der Waals surface area (Å²) in [6, 6.07) is 3.82. The number of aliphatic hydroxyl groups excluding tert-OH is 1. The van der Waals surface area contributed by atoms with Crippen LogP contribution in [0.5, 0.6) is 11.5 Å². The molecule has 1 aliphatic heterocycles. The van der Waals surface area contributed by atoms with Gasteiger partial charge in [0.1, 0.15) is 0 Å². The number of benzene rings is 1. The maximum atomic E-state index is 9.00. The van der Waals surface area contributed by atoms with Crippen LogP contribution in [0.15, 0.2) is 16.6 Å². The van der Waals surface area contributed by atoms with E-state index in [0.717, 1.165) is 28.0 Å². The SMILES string of the molecule is OCCc1c(Br)ccc2c1OCCCO2. The summed E-state index contributed by atoms with van der Waals surface area (Å²) in [5.74, 6) is 1.55. The van der Waals surface area contributed by atoms with E-state index in [9.17, 15) is 0 Å². The molecule has 4 heteroatoms. The minimum atomic E-state index is 0.110. The van der Waals surface area contributed by atoms with E-state index in [4.69, 9.17) is 14.6 Å². The van der Waals surface area contributed by atoms with Crippen molar-refractivity contribution in [3.8, 4) is 11.5 Å². The molecule has 82 valence electrons. The number of ether oxygens (including phenoxy) is 2. The van der Waals surface area contributed by atoms with Gasteiger partial charge in [0.05, 0.1) is 13.2 Å². The van der Waals surface area contributed by atoms with Crippen LogP contribution in [0.4, 0.5) is 0 Å². The summed E-state index contributed by atoms with van der Waals surface area (Å²) in [7, 11) is 0. The van der Waals surface area contributed by atoms with Crippen molar-refractivity contribution < 1.29 is 14.6 Å². The Balaban J connectivity index is 2.42. The average Bonchev–Trinajstić information content (AvgIpc) is 2.47. The maximum absolute atomic E-state index is 9.00. The summed E-state index contributed by atoms with van der Waals surface area (Å²) in [5.41, 5.74) is 0.983. The molecule has 1 heterocycles. The standard InChI is InChI=1S/C11H13BrO3/c12-9-2-3-10-11(8(9)4-5-13)15-7-1-6-14-10/h2-3,13H,1,4-7H2. The van der Waals surface area contributed by atoms with Crippen LogP contribution in [0.2, 0.25) is 0 Å². The second-order valence-corrected chi connectivity index (χ2v) is 4.23. The highest BCUT2D eigenvalue weighted by molar-refractivity contribution is 9.10. The molecule has 0 amide bonds. The number of aliphatic hydroxyl groups is 1. The molecule has 2 rings (SSSR count). The van der Waals surface area contributed by atoms with Crippen molar-refractivity contribution >= 4 is 15.9 Å². The van der Waals surface area contributed by atoms with E-state index in [1.807, 2.05) is 12.1 Å². The predicted octanol–water partition coefficient (Wildman–Crippen LogP) is 2.15. The van der Waals surface area contributed by atoms with Gasteiger partial charge in [-0.05, 0) is 12.1 Å². The van der Waals surface area contributed by atoms with E-state index in [2.05, 4.69) is 15.9 Å².